The van der Waals surface area contributed by atoms with Crippen LogP contribution in [-0.4, -0.2) is 86.1 Å². The highest BCUT2D eigenvalue weighted by atomic mass is 16.4. The zero-order chi connectivity index (χ0) is 24.5. The lowest BCUT2D eigenvalue weighted by Crippen LogP contribution is -2.48. The maximum atomic E-state index is 13.2. The molecule has 0 unspecified atom stereocenters. The van der Waals surface area contributed by atoms with Gasteiger partial charge in [0, 0.05) is 45.3 Å². The second-order valence-electron chi connectivity index (χ2n) is 8.75. The Kier molecular flexibility index (Phi) is 5.93. The molecule has 0 aliphatic carbocycles. The minimum atomic E-state index is -0.892. The van der Waals surface area contributed by atoms with Crippen molar-refractivity contribution in [2.45, 2.75) is 19.9 Å². The molecule has 2 fully saturated rings. The van der Waals surface area contributed by atoms with Gasteiger partial charge >= 0.3 is 12.1 Å². The number of pyridine rings is 2. The van der Waals surface area contributed by atoms with Gasteiger partial charge in [0.05, 0.1) is 11.9 Å². The van der Waals surface area contributed by atoms with Gasteiger partial charge in [-0.15, -0.1) is 10.2 Å². The quantitative estimate of drug-likeness (QED) is 0.595. The fraction of sp³-hybridized carbons (Fsp3) is 0.391. The van der Waals surface area contributed by atoms with Crippen LogP contribution >= 0.6 is 0 Å². The van der Waals surface area contributed by atoms with Crippen molar-refractivity contribution in [2.24, 2.45) is 0 Å². The fourth-order valence-corrected chi connectivity index (χ4v) is 4.34. The molecular formula is C23H27N9O3. The predicted molar refractivity (Wildman–Crippen MR) is 130 cm³/mol. The van der Waals surface area contributed by atoms with Crippen molar-refractivity contribution in [2.75, 3.05) is 54.0 Å². The molecule has 5 rings (SSSR count). The summed E-state index contributed by atoms with van der Waals surface area (Å²) in [5.74, 6) is 1.79. The van der Waals surface area contributed by atoms with Crippen molar-refractivity contribution >= 4 is 29.4 Å². The van der Waals surface area contributed by atoms with Gasteiger partial charge < -0.3 is 19.5 Å². The normalized spacial score (nSPS) is 16.5. The molecule has 12 heteroatoms. The molecule has 3 aromatic rings. The first-order valence-corrected chi connectivity index (χ1v) is 11.6. The number of rotatable bonds is 5. The number of carbonyl (C=O) groups is 2. The van der Waals surface area contributed by atoms with Crippen molar-refractivity contribution in [1.82, 2.24) is 29.6 Å². The van der Waals surface area contributed by atoms with E-state index in [0.29, 0.717) is 62.4 Å². The maximum Gasteiger partial charge on any atom is 0.407 e. The number of aromatic nitrogens is 5. The first kappa shape index (κ1) is 22.6. The van der Waals surface area contributed by atoms with Gasteiger partial charge in [-0.05, 0) is 38.1 Å². The van der Waals surface area contributed by atoms with Crippen LogP contribution in [0.1, 0.15) is 19.9 Å². The largest absolute Gasteiger partial charge is 0.465 e. The Morgan fingerprint density at radius 1 is 0.971 bits per heavy atom. The molecule has 12 nitrogen and oxygen atoms in total. The van der Waals surface area contributed by atoms with E-state index in [-0.39, 0.29) is 12.1 Å². The highest BCUT2D eigenvalue weighted by Crippen LogP contribution is 2.27. The van der Waals surface area contributed by atoms with E-state index >= 15 is 0 Å². The molecule has 0 saturated carbocycles. The summed E-state index contributed by atoms with van der Waals surface area (Å²) >= 11 is 0. The first-order valence-electron chi connectivity index (χ1n) is 11.6. The molecule has 2 aliphatic rings. The van der Waals surface area contributed by atoms with Crippen molar-refractivity contribution in [3.8, 4) is 11.5 Å². The molecule has 3 aromatic heterocycles. The molecular weight excluding hydrogens is 450 g/mol. The topological polar surface area (TPSA) is 124 Å². The minimum Gasteiger partial charge on any atom is -0.465 e. The fourth-order valence-electron chi connectivity index (χ4n) is 4.34. The first-order chi connectivity index (χ1) is 16.9. The van der Waals surface area contributed by atoms with Crippen molar-refractivity contribution < 1.29 is 14.7 Å². The highest BCUT2D eigenvalue weighted by molar-refractivity contribution is 6.05. The smallest absolute Gasteiger partial charge is 0.407 e. The average molecular weight is 478 g/mol. The van der Waals surface area contributed by atoms with E-state index in [4.69, 9.17) is 10.1 Å². The van der Waals surface area contributed by atoms with E-state index in [2.05, 4.69) is 20.1 Å². The van der Waals surface area contributed by atoms with Crippen molar-refractivity contribution in [3.63, 3.8) is 0 Å². The third-order valence-electron chi connectivity index (χ3n) is 6.30. The van der Waals surface area contributed by atoms with Gasteiger partial charge in [-0.1, -0.05) is 6.07 Å². The second kappa shape index (κ2) is 9.20. The van der Waals surface area contributed by atoms with Crippen molar-refractivity contribution in [1.29, 1.82) is 0 Å². The molecule has 0 spiro atoms. The SMILES string of the molecule is CC(C)n1cnnc1-c1cccc(N2CCN(c3ccc(N4CCN(C(=O)O)CC4)cn3)C2=O)n1. The predicted octanol–water partition coefficient (Wildman–Crippen LogP) is 2.56. The van der Waals surface area contributed by atoms with Crippen LogP contribution < -0.4 is 14.7 Å². The number of anilines is 3. The molecule has 182 valence electrons. The molecule has 0 bridgehead atoms. The van der Waals surface area contributed by atoms with E-state index in [0.717, 1.165) is 5.69 Å². The molecule has 5 heterocycles. The minimum absolute atomic E-state index is 0.185. The third-order valence-corrected chi connectivity index (χ3v) is 6.30. The van der Waals surface area contributed by atoms with Crippen LogP contribution in [0.3, 0.4) is 0 Å². The lowest BCUT2D eigenvalue weighted by atomic mass is 10.3. The highest BCUT2D eigenvalue weighted by Gasteiger charge is 2.32. The standard InChI is InChI=1S/C23H27N9O3/c1-16(2)32-15-25-27-21(32)18-4-3-5-20(26-18)31-13-12-30(22(31)33)19-7-6-17(14-24-19)28-8-10-29(11-9-28)23(34)35/h3-7,14-16H,8-13H2,1-2H3,(H,34,35). The lowest BCUT2D eigenvalue weighted by molar-refractivity contribution is 0.142. The molecule has 1 N–H and O–H groups in total. The summed E-state index contributed by atoms with van der Waals surface area (Å²) in [4.78, 5) is 40.3. The Balaban J connectivity index is 1.29. The Morgan fingerprint density at radius 3 is 2.37 bits per heavy atom. The number of carboxylic acid groups (broad SMARTS) is 1. The second-order valence-corrected chi connectivity index (χ2v) is 8.75. The van der Waals surface area contributed by atoms with Crippen LogP contribution in [-0.2, 0) is 0 Å². The van der Waals surface area contributed by atoms with Gasteiger partial charge in [0.25, 0.3) is 0 Å². The number of urea groups is 1. The van der Waals surface area contributed by atoms with Gasteiger partial charge in [0.15, 0.2) is 5.82 Å². The Morgan fingerprint density at radius 2 is 1.71 bits per heavy atom. The van der Waals surface area contributed by atoms with Gasteiger partial charge in [0.1, 0.15) is 23.7 Å². The van der Waals surface area contributed by atoms with Crippen LogP contribution in [0.2, 0.25) is 0 Å². The van der Waals surface area contributed by atoms with Crippen molar-refractivity contribution in [3.05, 3.63) is 42.9 Å². The summed E-state index contributed by atoms with van der Waals surface area (Å²) in [7, 11) is 0. The Labute approximate surface area is 202 Å². The Hall–Kier alpha value is -4.22. The number of hydrogen-bond donors (Lipinski definition) is 1. The third kappa shape index (κ3) is 4.34. The van der Waals surface area contributed by atoms with Crippen LogP contribution in [0, 0.1) is 0 Å². The zero-order valence-electron chi connectivity index (χ0n) is 19.7. The Bertz CT molecular complexity index is 1220. The number of nitrogens with zero attached hydrogens (tertiary/aromatic N) is 9. The summed E-state index contributed by atoms with van der Waals surface area (Å²) in [5.41, 5.74) is 1.57. The number of piperazine rings is 1. The summed E-state index contributed by atoms with van der Waals surface area (Å²) in [6.07, 6.45) is 2.52. The van der Waals surface area contributed by atoms with Crippen LogP contribution in [0.25, 0.3) is 11.5 Å². The maximum absolute atomic E-state index is 13.2. The monoisotopic (exact) mass is 477 g/mol. The van der Waals surface area contributed by atoms with Gasteiger partial charge in [0.2, 0.25) is 0 Å². The summed E-state index contributed by atoms with van der Waals surface area (Å²) in [6.45, 7) is 7.21. The lowest BCUT2D eigenvalue weighted by Gasteiger charge is -2.34. The summed E-state index contributed by atoms with van der Waals surface area (Å²) in [6, 6.07) is 9.29. The zero-order valence-corrected chi connectivity index (χ0v) is 19.7. The van der Waals surface area contributed by atoms with E-state index in [1.54, 1.807) is 22.3 Å². The van der Waals surface area contributed by atoms with Gasteiger partial charge in [-0.25, -0.2) is 19.6 Å². The number of hydrogen-bond acceptors (Lipinski definition) is 7. The van der Waals surface area contributed by atoms with E-state index in [1.165, 1.54) is 4.90 Å². The van der Waals surface area contributed by atoms with Crippen LogP contribution in [0.4, 0.5) is 26.9 Å². The number of carbonyl (C=O) groups excluding carboxylic acids is 1. The molecule has 3 amide bonds. The summed E-state index contributed by atoms with van der Waals surface area (Å²) < 4.78 is 1.94. The van der Waals surface area contributed by atoms with Crippen LogP contribution in [0.15, 0.2) is 42.9 Å². The molecule has 2 saturated heterocycles. The van der Waals surface area contributed by atoms with Crippen LogP contribution in [0.5, 0.6) is 0 Å². The number of amides is 3. The van der Waals surface area contributed by atoms with E-state index in [1.807, 2.05) is 48.7 Å². The molecule has 2 aliphatic heterocycles. The average Bonchev–Trinajstić information content (AvgIpc) is 3.52. The van der Waals surface area contributed by atoms with Gasteiger partial charge in [-0.3, -0.25) is 9.80 Å². The molecule has 0 aromatic carbocycles. The van der Waals surface area contributed by atoms with E-state index < -0.39 is 6.09 Å². The van der Waals surface area contributed by atoms with E-state index in [9.17, 15) is 9.59 Å². The molecule has 35 heavy (non-hydrogen) atoms. The molecule has 0 radical (unpaired) electrons. The van der Waals surface area contributed by atoms with Gasteiger partial charge in [-0.2, -0.15) is 0 Å². The summed E-state index contributed by atoms with van der Waals surface area (Å²) in [5, 5.41) is 17.3. The molecule has 0 atom stereocenters.